The molecule has 0 radical (unpaired) electrons. The highest BCUT2D eigenvalue weighted by atomic mass is 16.3. The Morgan fingerprint density at radius 2 is 1.74 bits per heavy atom. The van der Waals surface area contributed by atoms with Crippen molar-refractivity contribution in [2.75, 3.05) is 45.9 Å². The van der Waals surface area contributed by atoms with Crippen molar-refractivity contribution in [2.24, 2.45) is 11.8 Å². The molecule has 23 heavy (non-hydrogen) atoms. The number of aliphatic hydroxyl groups excluding tert-OH is 2. The molecular formula is C19H30N2O2. The van der Waals surface area contributed by atoms with Gasteiger partial charge in [-0.3, -0.25) is 4.90 Å². The van der Waals surface area contributed by atoms with Gasteiger partial charge in [0, 0.05) is 38.8 Å². The van der Waals surface area contributed by atoms with Crippen LogP contribution in [-0.2, 0) is 12.8 Å². The standard InChI is InChI=1S/C19H30N2O2/c1-2-20(7-8-22)11-17-12-21(13-18(17)14-23)19-9-15-5-3-4-6-16(15)10-19/h3-6,17-19,22-23H,2,7-14H2,1H3/t17-,18-/m1/s1. The van der Waals surface area contributed by atoms with E-state index in [-0.39, 0.29) is 13.2 Å². The van der Waals surface area contributed by atoms with Crippen LogP contribution in [0.2, 0.25) is 0 Å². The molecule has 2 N–H and O–H groups in total. The summed E-state index contributed by atoms with van der Waals surface area (Å²) in [4.78, 5) is 4.90. The van der Waals surface area contributed by atoms with Crippen LogP contribution >= 0.6 is 0 Å². The van der Waals surface area contributed by atoms with Crippen LogP contribution in [0.5, 0.6) is 0 Å². The fraction of sp³-hybridized carbons (Fsp3) is 0.684. The van der Waals surface area contributed by atoms with Gasteiger partial charge in [0.1, 0.15) is 0 Å². The van der Waals surface area contributed by atoms with Gasteiger partial charge in [-0.25, -0.2) is 0 Å². The second-order valence-corrected chi connectivity index (χ2v) is 7.10. The second-order valence-electron chi connectivity index (χ2n) is 7.10. The van der Waals surface area contributed by atoms with Gasteiger partial charge in [0.2, 0.25) is 0 Å². The van der Waals surface area contributed by atoms with Gasteiger partial charge in [0.25, 0.3) is 0 Å². The zero-order valence-electron chi connectivity index (χ0n) is 14.2. The molecule has 1 aromatic carbocycles. The van der Waals surface area contributed by atoms with Crippen LogP contribution in [-0.4, -0.2) is 72.0 Å². The van der Waals surface area contributed by atoms with Crippen LogP contribution in [0.1, 0.15) is 18.1 Å². The van der Waals surface area contributed by atoms with Crippen molar-refractivity contribution in [3.8, 4) is 0 Å². The van der Waals surface area contributed by atoms with E-state index in [9.17, 15) is 10.2 Å². The lowest BCUT2D eigenvalue weighted by molar-refractivity contribution is 0.147. The summed E-state index contributed by atoms with van der Waals surface area (Å²) in [6.45, 7) is 7.40. The van der Waals surface area contributed by atoms with E-state index < -0.39 is 0 Å². The Kier molecular flexibility index (Phi) is 5.70. The molecule has 1 saturated heterocycles. The Hall–Kier alpha value is -0.940. The molecule has 0 amide bonds. The molecular weight excluding hydrogens is 288 g/mol. The smallest absolute Gasteiger partial charge is 0.0558 e. The quantitative estimate of drug-likeness (QED) is 0.788. The zero-order chi connectivity index (χ0) is 16.2. The topological polar surface area (TPSA) is 46.9 Å². The molecule has 0 unspecified atom stereocenters. The number of rotatable bonds is 7. The molecule has 0 spiro atoms. The van der Waals surface area contributed by atoms with E-state index in [4.69, 9.17) is 0 Å². The van der Waals surface area contributed by atoms with Crippen molar-refractivity contribution in [3.63, 3.8) is 0 Å². The molecule has 1 heterocycles. The van der Waals surface area contributed by atoms with Crippen LogP contribution in [0.25, 0.3) is 0 Å². The van der Waals surface area contributed by atoms with E-state index in [1.165, 1.54) is 11.1 Å². The Morgan fingerprint density at radius 3 is 2.30 bits per heavy atom. The second kappa shape index (κ2) is 7.75. The first-order valence-corrected chi connectivity index (χ1v) is 9.00. The van der Waals surface area contributed by atoms with Gasteiger partial charge >= 0.3 is 0 Å². The summed E-state index contributed by atoms with van der Waals surface area (Å²) in [6, 6.07) is 9.38. The predicted molar refractivity (Wildman–Crippen MR) is 92.5 cm³/mol. The molecule has 4 nitrogen and oxygen atoms in total. The molecule has 128 valence electrons. The summed E-state index contributed by atoms with van der Waals surface area (Å²) in [5, 5.41) is 19.0. The maximum absolute atomic E-state index is 9.79. The highest BCUT2D eigenvalue weighted by Crippen LogP contribution is 2.32. The minimum absolute atomic E-state index is 0.214. The lowest BCUT2D eigenvalue weighted by Gasteiger charge is -2.26. The normalized spacial score (nSPS) is 25.4. The van der Waals surface area contributed by atoms with Crippen LogP contribution in [0.3, 0.4) is 0 Å². The van der Waals surface area contributed by atoms with E-state index in [1.54, 1.807) is 0 Å². The summed E-state index contributed by atoms with van der Waals surface area (Å²) in [7, 11) is 0. The third-order valence-corrected chi connectivity index (χ3v) is 5.74. The molecule has 4 heteroatoms. The molecule has 0 saturated carbocycles. The van der Waals surface area contributed by atoms with Crippen LogP contribution in [0, 0.1) is 11.8 Å². The fourth-order valence-electron chi connectivity index (χ4n) is 4.33. The number of fused-ring (bicyclic) bond motifs is 1. The number of nitrogens with zero attached hydrogens (tertiary/aromatic N) is 2. The summed E-state index contributed by atoms with van der Waals surface area (Å²) >= 11 is 0. The van der Waals surface area contributed by atoms with Crippen molar-refractivity contribution < 1.29 is 10.2 Å². The SMILES string of the molecule is CCN(CCO)C[C@@H]1CN(C2Cc3ccccc3C2)C[C@@H]1CO. The van der Waals surface area contributed by atoms with Crippen molar-refractivity contribution in [2.45, 2.75) is 25.8 Å². The molecule has 2 atom stereocenters. The van der Waals surface area contributed by atoms with E-state index >= 15 is 0 Å². The van der Waals surface area contributed by atoms with Gasteiger partial charge in [-0.2, -0.15) is 0 Å². The van der Waals surface area contributed by atoms with Gasteiger partial charge in [-0.1, -0.05) is 31.2 Å². The Labute approximate surface area is 139 Å². The first-order chi connectivity index (χ1) is 11.2. The number of likely N-dealkylation sites (N-methyl/N-ethyl adjacent to an activating group) is 1. The van der Waals surface area contributed by atoms with E-state index in [2.05, 4.69) is 41.0 Å². The Morgan fingerprint density at radius 1 is 1.09 bits per heavy atom. The first kappa shape index (κ1) is 16.9. The molecule has 1 fully saturated rings. The van der Waals surface area contributed by atoms with E-state index in [1.807, 2.05) is 0 Å². The van der Waals surface area contributed by atoms with Gasteiger partial charge < -0.3 is 15.1 Å². The maximum Gasteiger partial charge on any atom is 0.0558 e. The minimum Gasteiger partial charge on any atom is -0.396 e. The van der Waals surface area contributed by atoms with Gasteiger partial charge in [-0.15, -0.1) is 0 Å². The van der Waals surface area contributed by atoms with Gasteiger partial charge in [0.15, 0.2) is 0 Å². The number of hydrogen-bond acceptors (Lipinski definition) is 4. The molecule has 1 aromatic rings. The Balaban J connectivity index is 1.61. The highest BCUT2D eigenvalue weighted by molar-refractivity contribution is 5.33. The average molecular weight is 318 g/mol. The number of hydrogen-bond donors (Lipinski definition) is 2. The fourth-order valence-corrected chi connectivity index (χ4v) is 4.33. The van der Waals surface area contributed by atoms with Crippen molar-refractivity contribution >= 4 is 0 Å². The molecule has 1 aliphatic heterocycles. The van der Waals surface area contributed by atoms with Crippen molar-refractivity contribution in [1.29, 1.82) is 0 Å². The maximum atomic E-state index is 9.79. The summed E-state index contributed by atoms with van der Waals surface area (Å²) in [6.07, 6.45) is 2.30. The van der Waals surface area contributed by atoms with Gasteiger partial charge in [-0.05, 0) is 42.3 Å². The predicted octanol–water partition coefficient (Wildman–Crippen LogP) is 1.01. The molecule has 1 aliphatic carbocycles. The lowest BCUT2D eigenvalue weighted by atomic mass is 9.96. The molecule has 0 aromatic heterocycles. The molecule has 0 bridgehead atoms. The lowest BCUT2D eigenvalue weighted by Crippen LogP contribution is -2.37. The number of likely N-dealkylation sites (tertiary alicyclic amines) is 1. The molecule has 3 rings (SSSR count). The van der Waals surface area contributed by atoms with E-state index in [0.29, 0.717) is 17.9 Å². The third kappa shape index (κ3) is 3.77. The summed E-state index contributed by atoms with van der Waals surface area (Å²) in [5.74, 6) is 0.877. The zero-order valence-corrected chi connectivity index (χ0v) is 14.2. The number of benzene rings is 1. The third-order valence-electron chi connectivity index (χ3n) is 5.74. The molecule has 2 aliphatic rings. The number of aliphatic hydroxyl groups is 2. The minimum atomic E-state index is 0.214. The van der Waals surface area contributed by atoms with Crippen molar-refractivity contribution in [1.82, 2.24) is 9.80 Å². The van der Waals surface area contributed by atoms with Gasteiger partial charge in [0.05, 0.1) is 6.61 Å². The largest absolute Gasteiger partial charge is 0.396 e. The highest BCUT2D eigenvalue weighted by Gasteiger charge is 2.38. The summed E-state index contributed by atoms with van der Waals surface area (Å²) < 4.78 is 0. The van der Waals surface area contributed by atoms with Crippen LogP contribution in [0.4, 0.5) is 0 Å². The van der Waals surface area contributed by atoms with Crippen molar-refractivity contribution in [3.05, 3.63) is 35.4 Å². The van der Waals surface area contributed by atoms with Crippen LogP contribution < -0.4 is 0 Å². The average Bonchev–Trinajstić information content (AvgIpc) is 3.17. The first-order valence-electron chi connectivity index (χ1n) is 9.00. The monoisotopic (exact) mass is 318 g/mol. The van der Waals surface area contributed by atoms with E-state index in [0.717, 1.165) is 45.6 Å². The summed E-state index contributed by atoms with van der Waals surface area (Å²) in [5.41, 5.74) is 2.99. The van der Waals surface area contributed by atoms with Crippen LogP contribution in [0.15, 0.2) is 24.3 Å². The Bertz CT molecular complexity index is 483.